The summed E-state index contributed by atoms with van der Waals surface area (Å²) in [5.74, 6) is 1.65. The number of hydrogen-bond acceptors (Lipinski definition) is 5. The fraction of sp³-hybridized carbons (Fsp3) is 0.609. The Hall–Kier alpha value is -2.05. The van der Waals surface area contributed by atoms with Crippen LogP contribution in [-0.2, 0) is 16.8 Å². The maximum atomic E-state index is 12.3. The molecule has 3 atom stereocenters. The molecule has 158 valence electrons. The lowest BCUT2D eigenvalue weighted by Crippen LogP contribution is -2.43. The van der Waals surface area contributed by atoms with Gasteiger partial charge in [0.25, 0.3) is 0 Å². The minimum Gasteiger partial charge on any atom is -0.493 e. The molecule has 1 aromatic carbocycles. The predicted octanol–water partition coefficient (Wildman–Crippen LogP) is 2.53. The van der Waals surface area contributed by atoms with Gasteiger partial charge in [-0.1, -0.05) is 18.2 Å². The van der Waals surface area contributed by atoms with E-state index in [2.05, 4.69) is 22.4 Å². The van der Waals surface area contributed by atoms with Crippen LogP contribution in [0.3, 0.4) is 0 Å². The zero-order chi connectivity index (χ0) is 20.8. The second kappa shape index (κ2) is 7.33. The van der Waals surface area contributed by atoms with Crippen LogP contribution < -0.4 is 14.8 Å². The molecule has 2 aliphatic heterocycles. The first-order valence-electron chi connectivity index (χ1n) is 10.5. The quantitative estimate of drug-likeness (QED) is 0.760. The van der Waals surface area contributed by atoms with Crippen LogP contribution in [-0.4, -0.2) is 53.9 Å². The van der Waals surface area contributed by atoms with E-state index in [0.717, 1.165) is 37.6 Å². The topological polar surface area (TPSA) is 71.0 Å². The molecule has 4 rings (SSSR count). The van der Waals surface area contributed by atoms with Crippen LogP contribution >= 0.6 is 0 Å². The molecule has 0 radical (unpaired) electrons. The van der Waals surface area contributed by atoms with E-state index < -0.39 is 6.10 Å². The number of aliphatic hydroxyl groups excluding tert-OH is 1. The standard InChI is InChI=1S/C23H32N2O4/c1-22(2,3)24-19(27)8-11-25-12-10-23-9-7-16(26)13-18(23)29-21-17(28-4)6-5-15(14-25)20(21)23/h5-7,9,16,18,26H,8,10-14H2,1-4H3,(H,24,27)/t16-,18?,23?/m0/s1. The van der Waals surface area contributed by atoms with Crippen LogP contribution in [0.25, 0.3) is 0 Å². The largest absolute Gasteiger partial charge is 0.493 e. The number of nitrogens with one attached hydrogen (secondary N) is 1. The van der Waals surface area contributed by atoms with Crippen molar-refractivity contribution in [3.05, 3.63) is 35.4 Å². The first-order chi connectivity index (χ1) is 13.7. The Morgan fingerprint density at radius 3 is 2.93 bits per heavy atom. The van der Waals surface area contributed by atoms with E-state index in [4.69, 9.17) is 9.47 Å². The van der Waals surface area contributed by atoms with Gasteiger partial charge in [-0.25, -0.2) is 0 Å². The number of amides is 1. The van der Waals surface area contributed by atoms with Gasteiger partial charge in [-0.3, -0.25) is 9.69 Å². The average molecular weight is 401 g/mol. The van der Waals surface area contributed by atoms with Gasteiger partial charge in [-0.05, 0) is 45.4 Å². The highest BCUT2D eigenvalue weighted by Crippen LogP contribution is 2.55. The zero-order valence-corrected chi connectivity index (χ0v) is 17.8. The molecular formula is C23H32N2O4. The Morgan fingerprint density at radius 1 is 1.41 bits per heavy atom. The number of hydrogen-bond donors (Lipinski definition) is 2. The highest BCUT2D eigenvalue weighted by Gasteiger charge is 2.52. The van der Waals surface area contributed by atoms with E-state index in [1.807, 2.05) is 32.9 Å². The first kappa shape index (κ1) is 20.2. The van der Waals surface area contributed by atoms with E-state index >= 15 is 0 Å². The predicted molar refractivity (Wildman–Crippen MR) is 111 cm³/mol. The minimum atomic E-state index is -0.477. The molecule has 1 spiro atoms. The van der Waals surface area contributed by atoms with E-state index in [1.54, 1.807) is 7.11 Å². The van der Waals surface area contributed by atoms with Crippen LogP contribution in [0.15, 0.2) is 24.3 Å². The summed E-state index contributed by atoms with van der Waals surface area (Å²) in [4.78, 5) is 14.7. The molecule has 0 saturated heterocycles. The van der Waals surface area contributed by atoms with Gasteiger partial charge in [-0.15, -0.1) is 0 Å². The van der Waals surface area contributed by atoms with Crippen molar-refractivity contribution in [3.63, 3.8) is 0 Å². The Bertz CT molecular complexity index is 829. The lowest BCUT2D eigenvalue weighted by atomic mass is 9.69. The summed E-state index contributed by atoms with van der Waals surface area (Å²) in [6, 6.07) is 4.09. The molecule has 1 aromatic rings. The lowest BCUT2D eigenvalue weighted by molar-refractivity contribution is -0.122. The van der Waals surface area contributed by atoms with Crippen molar-refractivity contribution >= 4 is 5.91 Å². The third kappa shape index (κ3) is 3.76. The average Bonchev–Trinajstić information content (AvgIpc) is 2.88. The summed E-state index contributed by atoms with van der Waals surface area (Å²) in [6.45, 7) is 8.38. The molecule has 1 aliphatic carbocycles. The van der Waals surface area contributed by atoms with Crippen molar-refractivity contribution in [2.75, 3.05) is 20.2 Å². The van der Waals surface area contributed by atoms with Gasteiger partial charge in [0.05, 0.1) is 18.6 Å². The summed E-state index contributed by atoms with van der Waals surface area (Å²) in [7, 11) is 1.66. The molecule has 0 bridgehead atoms. The van der Waals surface area contributed by atoms with E-state index in [0.29, 0.717) is 12.8 Å². The molecule has 0 saturated carbocycles. The van der Waals surface area contributed by atoms with Crippen molar-refractivity contribution in [1.82, 2.24) is 10.2 Å². The SMILES string of the molecule is COc1ccc2c3c1OC1C[C@@H](O)C=CC31CCN(CCC(=O)NC(C)(C)C)C2. The van der Waals surface area contributed by atoms with Gasteiger partial charge in [0.2, 0.25) is 5.91 Å². The summed E-state index contributed by atoms with van der Waals surface area (Å²) < 4.78 is 11.9. The third-order valence-corrected chi connectivity index (χ3v) is 6.20. The zero-order valence-electron chi connectivity index (χ0n) is 17.8. The van der Waals surface area contributed by atoms with E-state index in [9.17, 15) is 9.90 Å². The Morgan fingerprint density at radius 2 is 2.21 bits per heavy atom. The second-order valence-electron chi connectivity index (χ2n) is 9.51. The van der Waals surface area contributed by atoms with Crippen molar-refractivity contribution in [2.24, 2.45) is 0 Å². The molecule has 2 N–H and O–H groups in total. The molecule has 2 heterocycles. The fourth-order valence-electron chi connectivity index (χ4n) is 4.93. The van der Waals surface area contributed by atoms with Gasteiger partial charge in [0.1, 0.15) is 6.10 Å². The maximum Gasteiger partial charge on any atom is 0.221 e. The number of nitrogens with zero attached hydrogens (tertiary/aromatic N) is 1. The Balaban J connectivity index is 1.60. The highest BCUT2D eigenvalue weighted by molar-refractivity contribution is 5.76. The number of rotatable bonds is 4. The second-order valence-corrected chi connectivity index (χ2v) is 9.51. The van der Waals surface area contributed by atoms with Crippen LogP contribution in [0.2, 0.25) is 0 Å². The molecule has 3 aliphatic rings. The minimum absolute atomic E-state index is 0.0843. The molecule has 1 amide bonds. The van der Waals surface area contributed by atoms with Gasteiger partial charge in [0.15, 0.2) is 11.5 Å². The molecular weight excluding hydrogens is 368 g/mol. The van der Waals surface area contributed by atoms with Crippen molar-refractivity contribution in [3.8, 4) is 11.5 Å². The third-order valence-electron chi connectivity index (χ3n) is 6.20. The lowest BCUT2D eigenvalue weighted by Gasteiger charge is -2.36. The van der Waals surface area contributed by atoms with Crippen LogP contribution in [0.5, 0.6) is 11.5 Å². The summed E-state index contributed by atoms with van der Waals surface area (Å²) in [6.07, 6.45) is 5.46. The smallest absolute Gasteiger partial charge is 0.221 e. The van der Waals surface area contributed by atoms with Crippen molar-refractivity contribution in [2.45, 2.75) is 69.7 Å². The Kier molecular flexibility index (Phi) is 5.11. The van der Waals surface area contributed by atoms with Crippen LogP contribution in [0.1, 0.15) is 51.2 Å². The summed E-state index contributed by atoms with van der Waals surface area (Å²) in [5, 5.41) is 13.2. The van der Waals surface area contributed by atoms with Crippen LogP contribution in [0.4, 0.5) is 0 Å². The number of carbonyl (C=O) groups is 1. The molecule has 0 fully saturated rings. The van der Waals surface area contributed by atoms with Crippen molar-refractivity contribution < 1.29 is 19.4 Å². The molecule has 6 heteroatoms. The number of ether oxygens (including phenoxy) is 2. The summed E-state index contributed by atoms with van der Waals surface area (Å²) >= 11 is 0. The normalized spacial score (nSPS) is 28.2. The maximum absolute atomic E-state index is 12.3. The highest BCUT2D eigenvalue weighted by atomic mass is 16.5. The number of aliphatic hydroxyl groups is 1. The van der Waals surface area contributed by atoms with Gasteiger partial charge < -0.3 is 19.9 Å². The van der Waals surface area contributed by atoms with Gasteiger partial charge in [-0.2, -0.15) is 0 Å². The van der Waals surface area contributed by atoms with Gasteiger partial charge in [0, 0.05) is 37.0 Å². The van der Waals surface area contributed by atoms with E-state index in [1.165, 1.54) is 11.1 Å². The molecule has 0 aromatic heterocycles. The molecule has 6 nitrogen and oxygen atoms in total. The monoisotopic (exact) mass is 400 g/mol. The van der Waals surface area contributed by atoms with Gasteiger partial charge >= 0.3 is 0 Å². The number of carbonyl (C=O) groups excluding carboxylic acids is 1. The molecule has 2 unspecified atom stereocenters. The van der Waals surface area contributed by atoms with Crippen LogP contribution in [0, 0.1) is 0 Å². The number of benzene rings is 1. The fourth-order valence-corrected chi connectivity index (χ4v) is 4.93. The Labute approximate surface area is 172 Å². The first-order valence-corrected chi connectivity index (χ1v) is 10.5. The van der Waals surface area contributed by atoms with Crippen molar-refractivity contribution in [1.29, 1.82) is 0 Å². The summed E-state index contributed by atoms with van der Waals surface area (Å²) in [5.41, 5.74) is 1.97. The number of methoxy groups -OCH3 is 1. The molecule has 29 heavy (non-hydrogen) atoms. The van der Waals surface area contributed by atoms with E-state index in [-0.39, 0.29) is 23.0 Å².